The van der Waals surface area contributed by atoms with E-state index in [-0.39, 0.29) is 17.5 Å². The van der Waals surface area contributed by atoms with Crippen molar-refractivity contribution in [2.24, 2.45) is 0 Å². The molecule has 0 radical (unpaired) electrons. The van der Waals surface area contributed by atoms with Gasteiger partial charge in [0.1, 0.15) is 17.6 Å². The standard InChI is InChI=1S/C27H24ClNO5/c1-27(12-11-17-14-19(28)9-10-22(17)34-27)26(32)29-21-15-24(33-23-8-3-2-7-20(21)23)16-5-4-6-18(13-16)25(30)31/h2-10,13-14,21,24H,11-12,15H2,1H3,(H,29,32)(H,30,31)/t21-,24-,27-/m1/s1. The van der Waals surface area contributed by atoms with Gasteiger partial charge in [-0.3, -0.25) is 4.79 Å². The molecule has 5 rings (SSSR count). The number of hydrogen-bond acceptors (Lipinski definition) is 4. The molecule has 0 unspecified atom stereocenters. The Morgan fingerprint density at radius 1 is 1.06 bits per heavy atom. The van der Waals surface area contributed by atoms with E-state index in [2.05, 4.69) is 5.32 Å². The highest BCUT2D eigenvalue weighted by Crippen LogP contribution is 2.42. The average molecular weight is 478 g/mol. The minimum atomic E-state index is -1.02. The number of carboxylic acids is 1. The molecule has 2 N–H and O–H groups in total. The normalized spacial score (nSPS) is 23.0. The number of fused-ring (bicyclic) bond motifs is 2. The van der Waals surface area contributed by atoms with Crippen molar-refractivity contribution in [3.05, 3.63) is 94.0 Å². The molecule has 2 aliphatic rings. The molecule has 174 valence electrons. The summed E-state index contributed by atoms with van der Waals surface area (Å²) < 4.78 is 12.4. The van der Waals surface area contributed by atoms with Gasteiger partial charge < -0.3 is 19.9 Å². The van der Waals surface area contributed by atoms with Gasteiger partial charge in [0.25, 0.3) is 5.91 Å². The summed E-state index contributed by atoms with van der Waals surface area (Å²) in [6, 6.07) is 19.4. The van der Waals surface area contributed by atoms with Gasteiger partial charge in [-0.05, 0) is 60.9 Å². The van der Waals surface area contributed by atoms with Gasteiger partial charge in [0.05, 0.1) is 11.6 Å². The van der Waals surface area contributed by atoms with E-state index < -0.39 is 17.7 Å². The molecular formula is C27H24ClNO5. The lowest BCUT2D eigenvalue weighted by atomic mass is 9.89. The third kappa shape index (κ3) is 4.21. The van der Waals surface area contributed by atoms with E-state index in [1.54, 1.807) is 37.3 Å². The maximum atomic E-state index is 13.5. The number of hydrogen-bond donors (Lipinski definition) is 2. The van der Waals surface area contributed by atoms with Crippen LogP contribution in [0.25, 0.3) is 0 Å². The lowest BCUT2D eigenvalue weighted by molar-refractivity contribution is -0.138. The Morgan fingerprint density at radius 2 is 1.88 bits per heavy atom. The number of carboxylic acid groups (broad SMARTS) is 1. The molecule has 3 aromatic carbocycles. The molecular weight excluding hydrogens is 454 g/mol. The van der Waals surface area contributed by atoms with Crippen LogP contribution in [-0.4, -0.2) is 22.6 Å². The van der Waals surface area contributed by atoms with Crippen molar-refractivity contribution in [2.75, 3.05) is 0 Å². The second-order valence-corrected chi connectivity index (χ2v) is 9.36. The molecule has 0 aromatic heterocycles. The molecule has 0 saturated carbocycles. The summed E-state index contributed by atoms with van der Waals surface area (Å²) in [5.74, 6) is 0.142. The predicted molar refractivity (Wildman–Crippen MR) is 128 cm³/mol. The van der Waals surface area contributed by atoms with Crippen LogP contribution in [0.15, 0.2) is 66.7 Å². The zero-order valence-electron chi connectivity index (χ0n) is 18.6. The van der Waals surface area contributed by atoms with Crippen molar-refractivity contribution in [1.29, 1.82) is 0 Å². The van der Waals surface area contributed by atoms with Gasteiger partial charge in [-0.15, -0.1) is 0 Å². The highest BCUT2D eigenvalue weighted by Gasteiger charge is 2.41. The quantitative estimate of drug-likeness (QED) is 0.518. The zero-order valence-corrected chi connectivity index (χ0v) is 19.3. The molecule has 1 amide bonds. The van der Waals surface area contributed by atoms with Gasteiger partial charge in [-0.2, -0.15) is 0 Å². The van der Waals surface area contributed by atoms with Crippen molar-refractivity contribution in [3.63, 3.8) is 0 Å². The summed E-state index contributed by atoms with van der Waals surface area (Å²) in [5.41, 5.74) is 1.80. The number of carbonyl (C=O) groups is 2. The lowest BCUT2D eigenvalue weighted by Gasteiger charge is -2.38. The molecule has 0 spiro atoms. The molecule has 6 nitrogen and oxygen atoms in total. The molecule has 0 bridgehead atoms. The maximum Gasteiger partial charge on any atom is 0.335 e. The topological polar surface area (TPSA) is 84.9 Å². The predicted octanol–water partition coefficient (Wildman–Crippen LogP) is 5.50. The summed E-state index contributed by atoms with van der Waals surface area (Å²) in [5, 5.41) is 13.2. The number of aromatic carboxylic acids is 1. The van der Waals surface area contributed by atoms with E-state index >= 15 is 0 Å². The fourth-order valence-corrected chi connectivity index (χ4v) is 4.81. The minimum Gasteiger partial charge on any atom is -0.485 e. The molecule has 3 atom stereocenters. The number of para-hydroxylation sites is 1. The summed E-state index contributed by atoms with van der Waals surface area (Å²) >= 11 is 6.10. The fraction of sp³-hybridized carbons (Fsp3) is 0.259. The van der Waals surface area contributed by atoms with Gasteiger partial charge >= 0.3 is 5.97 Å². The molecule has 34 heavy (non-hydrogen) atoms. The molecule has 0 fully saturated rings. The van der Waals surface area contributed by atoms with Crippen molar-refractivity contribution in [3.8, 4) is 11.5 Å². The van der Waals surface area contributed by atoms with Crippen LogP contribution in [0.3, 0.4) is 0 Å². The summed E-state index contributed by atoms with van der Waals surface area (Å²) in [6.07, 6.45) is 1.28. The molecule has 0 saturated heterocycles. The number of halogens is 1. The van der Waals surface area contributed by atoms with Crippen LogP contribution in [0.1, 0.15) is 59.0 Å². The minimum absolute atomic E-state index is 0.197. The summed E-state index contributed by atoms with van der Waals surface area (Å²) in [4.78, 5) is 24.9. The van der Waals surface area contributed by atoms with Crippen LogP contribution >= 0.6 is 11.6 Å². The Labute approximate surface area is 202 Å². The summed E-state index contributed by atoms with van der Waals surface area (Å²) in [6.45, 7) is 1.80. The lowest BCUT2D eigenvalue weighted by Crippen LogP contribution is -2.52. The van der Waals surface area contributed by atoms with Crippen molar-refractivity contribution >= 4 is 23.5 Å². The smallest absolute Gasteiger partial charge is 0.335 e. The van der Waals surface area contributed by atoms with E-state index in [4.69, 9.17) is 21.1 Å². The monoisotopic (exact) mass is 477 g/mol. The Morgan fingerprint density at radius 3 is 2.71 bits per heavy atom. The summed E-state index contributed by atoms with van der Waals surface area (Å²) in [7, 11) is 0. The molecule has 7 heteroatoms. The SMILES string of the molecule is C[C@]1(C(=O)N[C@@H]2C[C@H](c3cccc(C(=O)O)c3)Oc3ccccc32)CCc2cc(Cl)ccc2O1. The average Bonchev–Trinajstić information content (AvgIpc) is 2.84. The maximum absolute atomic E-state index is 13.5. The van der Waals surface area contributed by atoms with E-state index in [1.165, 1.54) is 0 Å². The number of amides is 1. The fourth-order valence-electron chi connectivity index (χ4n) is 4.61. The van der Waals surface area contributed by atoms with Crippen molar-refractivity contribution < 1.29 is 24.2 Å². The Hall–Kier alpha value is -3.51. The first-order valence-corrected chi connectivity index (χ1v) is 11.6. The van der Waals surface area contributed by atoms with Crippen molar-refractivity contribution in [2.45, 2.75) is 43.9 Å². The van der Waals surface area contributed by atoms with Crippen LogP contribution in [-0.2, 0) is 11.2 Å². The second-order valence-electron chi connectivity index (χ2n) is 8.92. The van der Waals surface area contributed by atoms with Gasteiger partial charge in [-0.1, -0.05) is 41.9 Å². The van der Waals surface area contributed by atoms with Gasteiger partial charge in [-0.25, -0.2) is 4.79 Å². The third-order valence-corrected chi connectivity index (χ3v) is 6.77. The Kier molecular flexibility index (Phi) is 5.70. The number of rotatable bonds is 4. The molecule has 0 aliphatic carbocycles. The molecule has 2 aliphatic heterocycles. The zero-order chi connectivity index (χ0) is 23.9. The van der Waals surface area contributed by atoms with Gasteiger partial charge in [0.2, 0.25) is 0 Å². The first-order valence-electron chi connectivity index (χ1n) is 11.2. The second kappa shape index (κ2) is 8.69. The van der Waals surface area contributed by atoms with Gasteiger partial charge in [0, 0.05) is 23.4 Å². The number of aryl methyl sites for hydroxylation is 1. The number of benzene rings is 3. The largest absolute Gasteiger partial charge is 0.485 e. The number of ether oxygens (including phenoxy) is 2. The first kappa shape index (κ1) is 22.3. The number of nitrogens with one attached hydrogen (secondary N) is 1. The van der Waals surface area contributed by atoms with Gasteiger partial charge in [0.15, 0.2) is 5.60 Å². The van der Waals surface area contributed by atoms with Crippen LogP contribution in [0.2, 0.25) is 5.02 Å². The third-order valence-electron chi connectivity index (χ3n) is 6.53. The highest BCUT2D eigenvalue weighted by molar-refractivity contribution is 6.30. The van der Waals surface area contributed by atoms with Crippen LogP contribution < -0.4 is 14.8 Å². The highest BCUT2D eigenvalue weighted by atomic mass is 35.5. The van der Waals surface area contributed by atoms with Crippen molar-refractivity contribution in [1.82, 2.24) is 5.32 Å². The first-order chi connectivity index (χ1) is 16.3. The number of carbonyl (C=O) groups excluding carboxylic acids is 1. The van der Waals surface area contributed by atoms with E-state index in [9.17, 15) is 14.7 Å². The van der Waals surface area contributed by atoms with E-state index in [0.717, 1.165) is 16.7 Å². The molecule has 2 heterocycles. The Balaban J connectivity index is 1.40. The Bertz CT molecular complexity index is 1280. The van der Waals surface area contributed by atoms with Crippen LogP contribution in [0.5, 0.6) is 11.5 Å². The van der Waals surface area contributed by atoms with Crippen LogP contribution in [0, 0.1) is 0 Å². The molecule has 3 aromatic rings. The van der Waals surface area contributed by atoms with E-state index in [1.807, 2.05) is 36.4 Å². The van der Waals surface area contributed by atoms with Crippen LogP contribution in [0.4, 0.5) is 0 Å². The van der Waals surface area contributed by atoms with E-state index in [0.29, 0.717) is 35.8 Å².